The second kappa shape index (κ2) is 16.0. The Morgan fingerprint density at radius 2 is 1.57 bits per heavy atom. The van der Waals surface area contributed by atoms with Gasteiger partial charge in [0.2, 0.25) is 21.8 Å². The summed E-state index contributed by atoms with van der Waals surface area (Å²) >= 11 is 0. The number of likely N-dealkylation sites (tertiary alicyclic amines) is 1. The van der Waals surface area contributed by atoms with E-state index in [9.17, 15) is 23.1 Å². The number of aliphatic hydroxyl groups excluding tert-OH is 1. The Morgan fingerprint density at radius 3 is 2.13 bits per heavy atom. The first-order chi connectivity index (χ1) is 22.1. The Kier molecular flexibility index (Phi) is 12.6. The number of benzene rings is 2. The van der Waals surface area contributed by atoms with Crippen LogP contribution in [0.3, 0.4) is 0 Å². The summed E-state index contributed by atoms with van der Waals surface area (Å²) in [4.78, 5) is 31.8. The van der Waals surface area contributed by atoms with Gasteiger partial charge in [0.05, 0.1) is 18.0 Å². The van der Waals surface area contributed by atoms with Crippen molar-refractivity contribution in [3.05, 3.63) is 54.1 Å². The van der Waals surface area contributed by atoms with E-state index in [2.05, 4.69) is 17.1 Å². The molecule has 2 aromatic rings. The molecule has 10 nitrogen and oxygen atoms in total. The second-order valence-corrected chi connectivity index (χ2v) is 15.1. The van der Waals surface area contributed by atoms with Crippen LogP contribution in [0.5, 0.6) is 11.5 Å². The van der Waals surface area contributed by atoms with Gasteiger partial charge < -0.3 is 20.1 Å². The van der Waals surface area contributed by atoms with Crippen molar-refractivity contribution in [2.75, 3.05) is 36.7 Å². The second-order valence-electron chi connectivity index (χ2n) is 13.2. The first-order valence-corrected chi connectivity index (χ1v) is 18.8. The van der Waals surface area contributed by atoms with Gasteiger partial charge in [-0.3, -0.25) is 18.8 Å². The maximum atomic E-state index is 13.9. The highest BCUT2D eigenvalue weighted by Gasteiger charge is 2.55. The number of nitrogens with one attached hydrogen (secondary N) is 1. The minimum absolute atomic E-state index is 0. The molecule has 0 aromatic heterocycles. The zero-order valence-corrected chi connectivity index (χ0v) is 29.5. The smallest absolute Gasteiger partial charge is 0.248 e. The monoisotopic (exact) mass is 690 g/mol. The number of carbonyl (C=O) groups is 2. The molecule has 2 aliphatic heterocycles. The molecule has 0 unspecified atom stereocenters. The molecule has 2 heterocycles. The van der Waals surface area contributed by atoms with Crippen LogP contribution in [0.2, 0.25) is 0 Å². The minimum Gasteiger partial charge on any atom is -0.457 e. The van der Waals surface area contributed by atoms with E-state index in [1.165, 1.54) is 10.6 Å². The predicted molar refractivity (Wildman–Crippen MR) is 186 cm³/mol. The summed E-state index contributed by atoms with van der Waals surface area (Å²) in [7, 11) is -3.34. The SMILES string of the molecule is CCCCN1C(=O)[C@@H]([C@H](O)C2CCCCC2)NC(=O)C12CCN(Cc1ccc(Oc3ccc(N(CC)S(C)(=O)=O)cc3)cc1)CC2.Cl. The van der Waals surface area contributed by atoms with Gasteiger partial charge in [0.1, 0.15) is 23.1 Å². The molecular formula is C35H51ClN4O6S. The average molecular weight is 691 g/mol. The number of piperidine rings is 1. The lowest BCUT2D eigenvalue weighted by molar-refractivity contribution is -0.166. The Morgan fingerprint density at radius 1 is 0.979 bits per heavy atom. The molecular weight excluding hydrogens is 640 g/mol. The summed E-state index contributed by atoms with van der Waals surface area (Å²) in [5.41, 5.74) is 0.846. The number of amides is 2. The first kappa shape index (κ1) is 37.0. The lowest BCUT2D eigenvalue weighted by Crippen LogP contribution is -2.75. The van der Waals surface area contributed by atoms with Crippen LogP contribution in [0.25, 0.3) is 0 Å². The maximum Gasteiger partial charge on any atom is 0.248 e. The number of hydrogen-bond donors (Lipinski definition) is 2. The molecule has 0 radical (unpaired) electrons. The highest BCUT2D eigenvalue weighted by Crippen LogP contribution is 2.37. The van der Waals surface area contributed by atoms with E-state index in [0.717, 1.165) is 57.1 Å². The quantitative estimate of drug-likeness (QED) is 0.319. The normalized spacial score (nSPS) is 21.2. The zero-order chi connectivity index (χ0) is 32.9. The first-order valence-electron chi connectivity index (χ1n) is 16.9. The van der Waals surface area contributed by atoms with Gasteiger partial charge in [-0.05, 0) is 86.9 Å². The summed E-state index contributed by atoms with van der Waals surface area (Å²) in [6, 6.07) is 14.0. The molecule has 5 rings (SSSR count). The van der Waals surface area contributed by atoms with Crippen molar-refractivity contribution >= 4 is 39.9 Å². The Balaban J connectivity index is 0.00000500. The summed E-state index contributed by atoms with van der Waals surface area (Å²) in [6.07, 6.45) is 8.33. The van der Waals surface area contributed by atoms with E-state index in [1.54, 1.807) is 31.2 Å². The van der Waals surface area contributed by atoms with Crippen LogP contribution >= 0.6 is 12.4 Å². The molecule has 1 spiro atoms. The molecule has 1 aliphatic carbocycles. The van der Waals surface area contributed by atoms with E-state index >= 15 is 0 Å². The molecule has 1 saturated carbocycles. The van der Waals surface area contributed by atoms with Crippen LogP contribution in [0.4, 0.5) is 5.69 Å². The van der Waals surface area contributed by atoms with Gasteiger partial charge >= 0.3 is 0 Å². The Hall–Kier alpha value is -2.86. The largest absolute Gasteiger partial charge is 0.457 e. The molecule has 47 heavy (non-hydrogen) atoms. The van der Waals surface area contributed by atoms with E-state index in [-0.39, 0.29) is 30.1 Å². The van der Waals surface area contributed by atoms with E-state index in [1.807, 2.05) is 29.2 Å². The number of nitrogens with zero attached hydrogens (tertiary/aromatic N) is 3. The summed E-state index contributed by atoms with van der Waals surface area (Å²) in [5, 5.41) is 14.2. The number of ether oxygens (including phenoxy) is 1. The maximum absolute atomic E-state index is 13.9. The van der Waals surface area contributed by atoms with Crippen LogP contribution < -0.4 is 14.4 Å². The number of halogens is 1. The topological polar surface area (TPSA) is 119 Å². The van der Waals surface area contributed by atoms with Crippen molar-refractivity contribution < 1.29 is 27.9 Å². The van der Waals surface area contributed by atoms with Crippen molar-refractivity contribution in [3.8, 4) is 11.5 Å². The summed E-state index contributed by atoms with van der Waals surface area (Å²) in [6.45, 7) is 6.87. The molecule has 0 bridgehead atoms. The molecule has 260 valence electrons. The average Bonchev–Trinajstić information content (AvgIpc) is 3.05. The van der Waals surface area contributed by atoms with Crippen molar-refractivity contribution in [2.24, 2.45) is 5.92 Å². The van der Waals surface area contributed by atoms with Gasteiger partial charge in [-0.1, -0.05) is 44.7 Å². The van der Waals surface area contributed by atoms with Crippen molar-refractivity contribution in [3.63, 3.8) is 0 Å². The number of piperazine rings is 1. The molecule has 2 aromatic carbocycles. The van der Waals surface area contributed by atoms with Gasteiger partial charge in [0, 0.05) is 32.7 Å². The Labute approximate surface area is 286 Å². The highest BCUT2D eigenvalue weighted by molar-refractivity contribution is 7.92. The van der Waals surface area contributed by atoms with Crippen LogP contribution in [0, 0.1) is 5.92 Å². The van der Waals surface area contributed by atoms with Gasteiger partial charge in [0.25, 0.3) is 0 Å². The fourth-order valence-corrected chi connectivity index (χ4v) is 8.36. The van der Waals surface area contributed by atoms with Crippen LogP contribution in [-0.2, 0) is 26.2 Å². The van der Waals surface area contributed by atoms with Crippen LogP contribution in [0.15, 0.2) is 48.5 Å². The minimum atomic E-state index is -3.34. The van der Waals surface area contributed by atoms with Crippen LogP contribution in [0.1, 0.15) is 77.2 Å². The standard InChI is InChI=1S/C35H50N4O6S.ClH/c1-4-6-22-38-33(41)31(32(40)27-10-8-7-9-11-27)36-34(42)35(38)20-23-37(24-21-35)25-26-12-16-29(17-13-26)45-30-18-14-28(15-19-30)39(5-2)46(3,43)44;/h12-19,27,31-32,40H,4-11,20-25H2,1-3H3,(H,36,42);1H/t31-,32-;/m1./s1. The van der Waals surface area contributed by atoms with Gasteiger partial charge in [-0.15, -0.1) is 12.4 Å². The Bertz CT molecular complexity index is 1440. The summed E-state index contributed by atoms with van der Waals surface area (Å²) in [5.74, 6) is 1.11. The fourth-order valence-electron chi connectivity index (χ4n) is 7.38. The molecule has 2 amide bonds. The van der Waals surface area contributed by atoms with Gasteiger partial charge in [-0.25, -0.2) is 8.42 Å². The molecule has 2 atom stereocenters. The molecule has 12 heteroatoms. The van der Waals surface area contributed by atoms with Crippen molar-refractivity contribution in [1.82, 2.24) is 15.1 Å². The molecule has 3 fully saturated rings. The number of carbonyl (C=O) groups excluding carboxylic acids is 2. The fraction of sp³-hybridized carbons (Fsp3) is 0.600. The number of aliphatic hydroxyl groups is 1. The van der Waals surface area contributed by atoms with Crippen molar-refractivity contribution in [2.45, 2.75) is 95.9 Å². The van der Waals surface area contributed by atoms with Gasteiger partial charge in [0.15, 0.2) is 0 Å². The van der Waals surface area contributed by atoms with E-state index in [4.69, 9.17) is 4.74 Å². The lowest BCUT2D eigenvalue weighted by Gasteiger charge is -2.52. The number of sulfonamides is 1. The van der Waals surface area contributed by atoms with Crippen LogP contribution in [-0.4, -0.2) is 85.3 Å². The predicted octanol–water partition coefficient (Wildman–Crippen LogP) is 5.09. The van der Waals surface area contributed by atoms with Crippen molar-refractivity contribution in [1.29, 1.82) is 0 Å². The third-order valence-corrected chi connectivity index (χ3v) is 11.3. The van der Waals surface area contributed by atoms with Gasteiger partial charge in [-0.2, -0.15) is 0 Å². The number of rotatable bonds is 12. The van der Waals surface area contributed by atoms with E-state index in [0.29, 0.717) is 56.2 Å². The lowest BCUT2D eigenvalue weighted by atomic mass is 9.78. The van der Waals surface area contributed by atoms with E-state index < -0.39 is 27.7 Å². The number of hydrogen-bond acceptors (Lipinski definition) is 7. The number of unbranched alkanes of at least 4 members (excludes halogenated alkanes) is 1. The molecule has 2 saturated heterocycles. The molecule has 3 aliphatic rings. The third kappa shape index (κ3) is 8.42. The highest BCUT2D eigenvalue weighted by atomic mass is 35.5. The third-order valence-electron chi connectivity index (χ3n) is 10.0. The molecule has 2 N–H and O–H groups in total. The summed E-state index contributed by atoms with van der Waals surface area (Å²) < 4.78 is 31.4. The zero-order valence-electron chi connectivity index (χ0n) is 27.9. The number of anilines is 1.